The fraction of sp³-hybridized carbons (Fsp3) is 0.818. The van der Waals surface area contributed by atoms with Crippen LogP contribution in [0.15, 0.2) is 4.99 Å². The number of ether oxygens (including phenoxy) is 1. The van der Waals surface area contributed by atoms with Crippen LogP contribution < -0.4 is 10.6 Å². The summed E-state index contributed by atoms with van der Waals surface area (Å²) in [6, 6.07) is 0.735. The first-order chi connectivity index (χ1) is 14.7. The molecule has 1 amide bonds. The van der Waals surface area contributed by atoms with Gasteiger partial charge in [0.1, 0.15) is 18.0 Å². The van der Waals surface area contributed by atoms with E-state index in [1.54, 1.807) is 0 Å². The van der Waals surface area contributed by atoms with Gasteiger partial charge in [-0.1, -0.05) is 13.3 Å². The summed E-state index contributed by atoms with van der Waals surface area (Å²) in [6.45, 7) is 11.2. The summed E-state index contributed by atoms with van der Waals surface area (Å²) < 4.78 is 7.62. The summed E-state index contributed by atoms with van der Waals surface area (Å²) in [5.74, 6) is 2.53. The number of fused-ring (bicyclic) bond motifs is 2. The molecule has 9 nitrogen and oxygen atoms in total. The van der Waals surface area contributed by atoms with Crippen molar-refractivity contribution in [2.45, 2.75) is 103 Å². The zero-order valence-electron chi connectivity index (χ0n) is 19.9. The molecule has 9 heteroatoms. The van der Waals surface area contributed by atoms with Gasteiger partial charge < -0.3 is 24.8 Å². The quantitative estimate of drug-likeness (QED) is 0.407. The molecule has 2 atom stereocenters. The maximum absolute atomic E-state index is 12.7. The second-order valence-corrected chi connectivity index (χ2v) is 9.75. The third-order valence-electron chi connectivity index (χ3n) is 6.06. The molecule has 0 aliphatic carbocycles. The molecule has 0 spiro atoms. The first-order valence-electron chi connectivity index (χ1n) is 11.6. The van der Waals surface area contributed by atoms with E-state index in [2.05, 4.69) is 27.8 Å². The largest absolute Gasteiger partial charge is 0.444 e. The number of aryl methyl sites for hydroxylation is 1. The normalized spacial score (nSPS) is 23.7. The van der Waals surface area contributed by atoms with E-state index in [-0.39, 0.29) is 24.2 Å². The summed E-state index contributed by atoms with van der Waals surface area (Å²) in [5, 5.41) is 15.4. The van der Waals surface area contributed by atoms with E-state index < -0.39 is 5.60 Å². The number of rotatable bonds is 6. The number of aliphatic imine (C=N–C) groups is 1. The van der Waals surface area contributed by atoms with E-state index in [9.17, 15) is 4.79 Å². The molecule has 3 rings (SSSR count). The molecule has 174 valence electrons. The highest BCUT2D eigenvalue weighted by Crippen LogP contribution is 2.36. The molecule has 2 fully saturated rings. The minimum Gasteiger partial charge on any atom is -0.444 e. The highest BCUT2D eigenvalue weighted by atomic mass is 16.6. The number of carbonyl (C=O) groups excluding carboxylic acids is 1. The van der Waals surface area contributed by atoms with E-state index >= 15 is 0 Å². The molecule has 2 bridgehead atoms. The smallest absolute Gasteiger partial charge is 0.410 e. The number of unbranched alkanes of at least 4 members (excludes halogenated alkanes) is 1. The second-order valence-electron chi connectivity index (χ2n) is 9.75. The van der Waals surface area contributed by atoms with Crippen LogP contribution in [0.25, 0.3) is 0 Å². The Balaban J connectivity index is 1.63. The molecular weight excluding hydrogens is 394 g/mol. The molecule has 2 saturated heterocycles. The number of aromatic nitrogens is 3. The average molecular weight is 434 g/mol. The Labute approximate surface area is 186 Å². The van der Waals surface area contributed by atoms with Crippen molar-refractivity contribution in [1.82, 2.24) is 30.3 Å². The number of hydrogen-bond acceptors (Lipinski definition) is 5. The number of nitrogens with one attached hydrogen (secondary N) is 2. The number of nitrogens with zero attached hydrogens (tertiary/aromatic N) is 5. The lowest BCUT2D eigenvalue weighted by Crippen LogP contribution is -2.55. The molecule has 31 heavy (non-hydrogen) atoms. The van der Waals surface area contributed by atoms with Crippen LogP contribution in [0.4, 0.5) is 4.79 Å². The second kappa shape index (κ2) is 9.87. The van der Waals surface area contributed by atoms with Crippen molar-refractivity contribution < 1.29 is 9.53 Å². The van der Waals surface area contributed by atoms with Crippen molar-refractivity contribution >= 4 is 12.1 Å². The van der Waals surface area contributed by atoms with Gasteiger partial charge in [-0.3, -0.25) is 0 Å². The molecule has 2 unspecified atom stereocenters. The SMILES string of the molecule is CCCCNC(=NCc1nnc(C)n1C)NC1CC2CCC(C1)N2C(=O)OC(C)(C)C. The van der Waals surface area contributed by atoms with Gasteiger partial charge in [-0.15, -0.1) is 10.2 Å². The van der Waals surface area contributed by atoms with Crippen molar-refractivity contribution in [3.63, 3.8) is 0 Å². The van der Waals surface area contributed by atoms with Gasteiger partial charge in [-0.25, -0.2) is 9.79 Å². The van der Waals surface area contributed by atoms with Crippen LogP contribution >= 0.6 is 0 Å². The number of carbonyl (C=O) groups is 1. The van der Waals surface area contributed by atoms with Gasteiger partial charge in [0.25, 0.3) is 0 Å². The third-order valence-corrected chi connectivity index (χ3v) is 6.06. The van der Waals surface area contributed by atoms with E-state index in [1.807, 2.05) is 44.2 Å². The molecule has 0 saturated carbocycles. The molecular formula is C22H39N7O2. The first kappa shape index (κ1) is 23.3. The van der Waals surface area contributed by atoms with Crippen molar-refractivity contribution in [2.24, 2.45) is 12.0 Å². The third kappa shape index (κ3) is 6.11. The van der Waals surface area contributed by atoms with Gasteiger partial charge in [0, 0.05) is 31.7 Å². The van der Waals surface area contributed by atoms with E-state index in [0.29, 0.717) is 6.54 Å². The van der Waals surface area contributed by atoms with Crippen molar-refractivity contribution in [3.05, 3.63) is 11.6 Å². The summed E-state index contributed by atoms with van der Waals surface area (Å²) >= 11 is 0. The Morgan fingerprint density at radius 1 is 1.23 bits per heavy atom. The number of piperidine rings is 1. The van der Waals surface area contributed by atoms with E-state index in [0.717, 1.165) is 62.7 Å². The topological polar surface area (TPSA) is 96.7 Å². The lowest BCUT2D eigenvalue weighted by atomic mass is 9.98. The summed E-state index contributed by atoms with van der Waals surface area (Å²) in [5.41, 5.74) is -0.465. The molecule has 1 aromatic rings. The van der Waals surface area contributed by atoms with Gasteiger partial charge >= 0.3 is 6.09 Å². The van der Waals surface area contributed by atoms with E-state index in [4.69, 9.17) is 9.73 Å². The number of hydrogen-bond donors (Lipinski definition) is 2. The fourth-order valence-corrected chi connectivity index (χ4v) is 4.38. The first-order valence-corrected chi connectivity index (χ1v) is 11.6. The molecule has 2 aliphatic heterocycles. The van der Waals surface area contributed by atoms with Gasteiger partial charge in [0.05, 0.1) is 0 Å². The van der Waals surface area contributed by atoms with Gasteiger partial charge in [-0.2, -0.15) is 0 Å². The molecule has 0 aromatic carbocycles. The van der Waals surface area contributed by atoms with Crippen LogP contribution in [0.2, 0.25) is 0 Å². The van der Waals surface area contributed by atoms with Crippen molar-refractivity contribution in [2.75, 3.05) is 6.54 Å². The van der Waals surface area contributed by atoms with Gasteiger partial charge in [-0.05, 0) is 59.8 Å². The van der Waals surface area contributed by atoms with Crippen LogP contribution in [0, 0.1) is 6.92 Å². The maximum atomic E-state index is 12.7. The standard InChI is InChI=1S/C22H39N7O2/c1-7-8-11-23-20(24-14-19-27-26-15(2)28(19)6)25-16-12-17-9-10-18(13-16)29(17)21(30)31-22(3,4)5/h16-18H,7-14H2,1-6H3,(H2,23,24,25). The lowest BCUT2D eigenvalue weighted by Gasteiger charge is -2.40. The van der Waals surface area contributed by atoms with Gasteiger partial charge in [0.15, 0.2) is 11.8 Å². The average Bonchev–Trinajstić information content (AvgIpc) is 3.15. The summed E-state index contributed by atoms with van der Waals surface area (Å²) in [7, 11) is 1.96. The van der Waals surface area contributed by atoms with E-state index in [1.165, 1.54) is 0 Å². The van der Waals surface area contributed by atoms with Crippen molar-refractivity contribution in [1.29, 1.82) is 0 Å². The number of amides is 1. The molecule has 2 N–H and O–H groups in total. The van der Waals surface area contributed by atoms with Crippen molar-refractivity contribution in [3.8, 4) is 0 Å². The highest BCUT2D eigenvalue weighted by molar-refractivity contribution is 5.80. The molecule has 0 radical (unpaired) electrons. The zero-order valence-corrected chi connectivity index (χ0v) is 19.9. The Morgan fingerprint density at radius 3 is 2.45 bits per heavy atom. The summed E-state index contributed by atoms with van der Waals surface area (Å²) in [4.78, 5) is 19.5. The van der Waals surface area contributed by atoms with Crippen LogP contribution in [-0.4, -0.2) is 62.0 Å². The molecule has 3 heterocycles. The molecule has 1 aromatic heterocycles. The van der Waals surface area contributed by atoms with Crippen LogP contribution in [0.1, 0.15) is 77.9 Å². The maximum Gasteiger partial charge on any atom is 0.410 e. The van der Waals surface area contributed by atoms with Crippen LogP contribution in [0.5, 0.6) is 0 Å². The van der Waals surface area contributed by atoms with Crippen LogP contribution in [0.3, 0.4) is 0 Å². The number of guanidine groups is 1. The predicted molar refractivity (Wildman–Crippen MR) is 121 cm³/mol. The van der Waals surface area contributed by atoms with Gasteiger partial charge in [0.2, 0.25) is 0 Å². The monoisotopic (exact) mass is 433 g/mol. The summed E-state index contributed by atoms with van der Waals surface area (Å²) in [6.07, 6.45) is 5.94. The fourth-order valence-electron chi connectivity index (χ4n) is 4.38. The Hall–Kier alpha value is -2.32. The Morgan fingerprint density at radius 2 is 1.90 bits per heavy atom. The minimum absolute atomic E-state index is 0.175. The zero-order chi connectivity index (χ0) is 22.6. The predicted octanol–water partition coefficient (Wildman–Crippen LogP) is 2.89. The molecule has 2 aliphatic rings. The van der Waals surface area contributed by atoms with Crippen LogP contribution in [-0.2, 0) is 18.3 Å². The Kier molecular flexibility index (Phi) is 7.43. The lowest BCUT2D eigenvalue weighted by molar-refractivity contribution is 0.00545. The Bertz CT molecular complexity index is 769. The highest BCUT2D eigenvalue weighted by Gasteiger charge is 2.45. The minimum atomic E-state index is -0.465.